The zero-order valence-electron chi connectivity index (χ0n) is 30.1. The number of pyridine rings is 1. The molecule has 13 heteroatoms. The number of fused-ring (bicyclic) bond motifs is 5. The molecule has 4 heterocycles. The lowest BCUT2D eigenvalue weighted by atomic mass is 9.87. The molecule has 2 aliphatic carbocycles. The second-order valence-corrected chi connectivity index (χ2v) is 18.1. The number of rotatable bonds is 5. The minimum atomic E-state index is -3.97. The van der Waals surface area contributed by atoms with E-state index in [2.05, 4.69) is 15.4 Å². The number of allylic oxidation sites excluding steroid dienone is 1. The molecule has 3 aromatic rings. The zero-order valence-corrected chi connectivity index (χ0v) is 30.9. The predicted octanol–water partition coefficient (Wildman–Crippen LogP) is 5.22. The normalized spacial score (nSPS) is 30.1. The van der Waals surface area contributed by atoms with Crippen LogP contribution in [-0.4, -0.2) is 70.5 Å². The number of nitrogens with one attached hydrogen (secondary N) is 3. The van der Waals surface area contributed by atoms with Crippen molar-refractivity contribution in [2.75, 3.05) is 11.9 Å². The Hall–Kier alpha value is -4.52. The molecule has 5 atom stereocenters. The molecule has 8 rings (SSSR count). The Bertz CT molecular complexity index is 2140. The molecule has 0 unspecified atom stereocenters. The fourth-order valence-electron chi connectivity index (χ4n) is 8.42. The Balaban J connectivity index is 1.15. The van der Waals surface area contributed by atoms with Crippen LogP contribution in [0.3, 0.4) is 0 Å². The topological polar surface area (TPSA) is 147 Å². The van der Waals surface area contributed by atoms with E-state index in [4.69, 9.17) is 9.72 Å². The van der Waals surface area contributed by atoms with Gasteiger partial charge in [-0.1, -0.05) is 49.3 Å². The minimum Gasteiger partial charge on any atom is -0.483 e. The monoisotopic (exact) mass is 743 g/mol. The first kappa shape index (κ1) is 35.5. The first-order valence-corrected chi connectivity index (χ1v) is 20.3. The molecule has 280 valence electrons. The number of aryl methyl sites for hydroxylation is 2. The third-order valence-corrected chi connectivity index (χ3v) is 14.2. The number of carbonyl (C=O) groups is 3. The van der Waals surface area contributed by atoms with Crippen molar-refractivity contribution in [1.82, 2.24) is 19.9 Å². The van der Waals surface area contributed by atoms with Gasteiger partial charge < -0.3 is 20.3 Å². The van der Waals surface area contributed by atoms with E-state index in [1.807, 2.05) is 43.3 Å². The van der Waals surface area contributed by atoms with Gasteiger partial charge in [-0.05, 0) is 89.5 Å². The van der Waals surface area contributed by atoms with Gasteiger partial charge in [-0.2, -0.15) is 0 Å². The lowest BCUT2D eigenvalue weighted by Crippen LogP contribution is -2.58. The summed E-state index contributed by atoms with van der Waals surface area (Å²) in [7, 11) is -3.97. The highest BCUT2D eigenvalue weighted by atomic mass is 32.2. The molecule has 5 aliphatic rings. The number of hydrogen-bond acceptors (Lipinski definition) is 8. The Morgan fingerprint density at radius 2 is 1.87 bits per heavy atom. The highest BCUT2D eigenvalue weighted by Crippen LogP contribution is 2.49. The quantitative estimate of drug-likeness (QED) is 0.302. The zero-order chi connectivity index (χ0) is 37.2. The highest BCUT2D eigenvalue weighted by molar-refractivity contribution is 7.91. The number of amides is 3. The number of sulfonamides is 1. The van der Waals surface area contributed by atoms with Gasteiger partial charge in [0.05, 0.1) is 22.5 Å². The molecule has 2 saturated carbocycles. The Morgan fingerprint density at radius 1 is 1.06 bits per heavy atom. The fraction of sp³-hybridized carbons (Fsp3) is 0.500. The van der Waals surface area contributed by atoms with Gasteiger partial charge >= 0.3 is 0 Å². The summed E-state index contributed by atoms with van der Waals surface area (Å²) in [5.41, 5.74) is 0.692. The van der Waals surface area contributed by atoms with Crippen molar-refractivity contribution < 1.29 is 31.9 Å². The summed E-state index contributed by atoms with van der Waals surface area (Å²) in [4.78, 5) is 49.7. The van der Waals surface area contributed by atoms with Crippen molar-refractivity contribution in [2.24, 2.45) is 5.92 Å². The number of halogens is 1. The Morgan fingerprint density at radius 3 is 2.66 bits per heavy atom. The van der Waals surface area contributed by atoms with Gasteiger partial charge in [-0.3, -0.25) is 19.1 Å². The van der Waals surface area contributed by atoms with E-state index >= 15 is 0 Å². The van der Waals surface area contributed by atoms with E-state index in [1.165, 1.54) is 12.1 Å². The van der Waals surface area contributed by atoms with Crippen LogP contribution >= 0.6 is 0 Å². The van der Waals surface area contributed by atoms with Crippen LogP contribution in [0.25, 0.3) is 10.9 Å². The lowest BCUT2D eigenvalue weighted by molar-refractivity contribution is -0.140. The summed E-state index contributed by atoms with van der Waals surface area (Å²) in [6.07, 6.45) is 9.97. The van der Waals surface area contributed by atoms with E-state index in [-0.39, 0.29) is 25.3 Å². The van der Waals surface area contributed by atoms with Crippen molar-refractivity contribution in [2.45, 2.75) is 112 Å². The van der Waals surface area contributed by atoms with Gasteiger partial charge in [0.1, 0.15) is 34.8 Å². The Labute approximate surface area is 309 Å². The van der Waals surface area contributed by atoms with Gasteiger partial charge in [0.15, 0.2) is 0 Å². The van der Waals surface area contributed by atoms with E-state index in [1.54, 1.807) is 24.0 Å². The number of para-hydroxylation sites is 1. The fourth-order valence-corrected chi connectivity index (χ4v) is 9.73. The molecule has 3 aliphatic heterocycles. The van der Waals surface area contributed by atoms with Gasteiger partial charge in [-0.25, -0.2) is 17.8 Å². The van der Waals surface area contributed by atoms with Crippen LogP contribution in [0.5, 0.6) is 5.75 Å². The molecule has 3 amide bonds. The molecule has 11 nitrogen and oxygen atoms in total. The maximum Gasteiger partial charge on any atom is 0.259 e. The Kier molecular flexibility index (Phi) is 8.78. The summed E-state index contributed by atoms with van der Waals surface area (Å²) < 4.78 is 48.8. The number of benzene rings is 2. The number of anilines is 1. The van der Waals surface area contributed by atoms with Crippen molar-refractivity contribution in [3.8, 4) is 5.75 Å². The summed E-state index contributed by atoms with van der Waals surface area (Å²) in [6, 6.07) is 12.1. The van der Waals surface area contributed by atoms with Gasteiger partial charge in [0.2, 0.25) is 21.8 Å². The number of nitrogens with zero attached hydrogens (tertiary/aromatic N) is 2. The SMILES string of the molecule is Cc1nc2ccccc2c2c1O[C@]1(CC2)C[C@H]2C(=O)N[C@]3(C(=O)NS(=O)(=O)C4(C)CC4)C[C@H]3/C=C\CCCCC[C@H](Nc3cccc(F)c3)C(=O)N2C1. The molecular formula is C40H46FN5O6S. The molecule has 1 spiro atoms. The number of hydrogen-bond donors (Lipinski definition) is 3. The lowest BCUT2D eigenvalue weighted by Gasteiger charge is -2.36. The van der Waals surface area contributed by atoms with Crippen LogP contribution in [0.15, 0.2) is 60.7 Å². The first-order valence-electron chi connectivity index (χ1n) is 18.8. The maximum atomic E-state index is 14.8. The summed E-state index contributed by atoms with van der Waals surface area (Å²) in [5, 5.41) is 7.23. The van der Waals surface area contributed by atoms with E-state index in [0.29, 0.717) is 43.5 Å². The molecule has 0 radical (unpaired) electrons. The third-order valence-electron chi connectivity index (χ3n) is 12.0. The van der Waals surface area contributed by atoms with Crippen molar-refractivity contribution in [1.29, 1.82) is 0 Å². The largest absolute Gasteiger partial charge is 0.483 e. The van der Waals surface area contributed by atoms with Crippen LogP contribution in [0, 0.1) is 18.7 Å². The number of aromatic nitrogens is 1. The van der Waals surface area contributed by atoms with Crippen molar-refractivity contribution in [3.05, 3.63) is 77.8 Å². The minimum absolute atomic E-state index is 0.117. The van der Waals surface area contributed by atoms with Crippen LogP contribution in [-0.2, 0) is 30.8 Å². The molecular weight excluding hydrogens is 698 g/mol. The van der Waals surface area contributed by atoms with E-state index in [0.717, 1.165) is 47.8 Å². The number of carbonyl (C=O) groups excluding carboxylic acids is 3. The molecule has 3 fully saturated rings. The first-order chi connectivity index (χ1) is 25.3. The number of ether oxygens (including phenoxy) is 1. The van der Waals surface area contributed by atoms with Crippen LogP contribution in [0.2, 0.25) is 0 Å². The van der Waals surface area contributed by atoms with Crippen LogP contribution in [0.1, 0.15) is 82.4 Å². The molecule has 1 saturated heterocycles. The molecule has 0 bridgehead atoms. The second kappa shape index (κ2) is 13.1. The van der Waals surface area contributed by atoms with Gasteiger partial charge in [-0.15, -0.1) is 0 Å². The van der Waals surface area contributed by atoms with Crippen LogP contribution < -0.4 is 20.1 Å². The molecule has 2 aromatic carbocycles. The van der Waals surface area contributed by atoms with Gasteiger partial charge in [0.25, 0.3) is 5.91 Å². The smallest absolute Gasteiger partial charge is 0.259 e. The second-order valence-electron chi connectivity index (χ2n) is 15.9. The van der Waals surface area contributed by atoms with Crippen molar-refractivity contribution in [3.63, 3.8) is 0 Å². The highest BCUT2D eigenvalue weighted by Gasteiger charge is 2.64. The van der Waals surface area contributed by atoms with Crippen LogP contribution in [0.4, 0.5) is 10.1 Å². The molecule has 53 heavy (non-hydrogen) atoms. The van der Waals surface area contributed by atoms with Crippen molar-refractivity contribution >= 4 is 44.3 Å². The molecule has 3 N–H and O–H groups in total. The summed E-state index contributed by atoms with van der Waals surface area (Å²) in [6.45, 7) is 3.62. The maximum absolute atomic E-state index is 14.8. The summed E-state index contributed by atoms with van der Waals surface area (Å²) >= 11 is 0. The molecule has 1 aromatic heterocycles. The van der Waals surface area contributed by atoms with Gasteiger partial charge in [0, 0.05) is 29.0 Å². The predicted molar refractivity (Wildman–Crippen MR) is 198 cm³/mol. The third kappa shape index (κ3) is 6.55. The van der Waals surface area contributed by atoms with E-state index < -0.39 is 61.5 Å². The average Bonchev–Trinajstić information content (AvgIpc) is 4.02. The summed E-state index contributed by atoms with van der Waals surface area (Å²) in [5.74, 6) is -1.81. The standard InChI is InChI=1S/C40H46FN5O6S/c1-25-34-30(29-14-8-9-15-31(29)42-25)17-18-39(52-34)23-33-35(47)44-40(37(49)45-53(50,51)38(2)19-20-38)22-26(40)11-6-4-3-5-7-16-32(36(48)46(33)24-39)43-28-13-10-12-27(41)21-28/h6,8-15,21,26,32-33,43H,3-5,7,16-20,22-24H2,1-2H3,(H,44,47)(H,45,49)/b11-6-/t26-,32+,33+,39-,40-/m1/s1. The van der Waals surface area contributed by atoms with E-state index in [9.17, 15) is 27.2 Å². The average molecular weight is 744 g/mol.